The van der Waals surface area contributed by atoms with Gasteiger partial charge < -0.3 is 5.73 Å². The molecule has 0 unspecified atom stereocenters. The maximum absolute atomic E-state index is 12.6. The average molecular weight is 259 g/mol. The van der Waals surface area contributed by atoms with Crippen LogP contribution in [0.15, 0.2) is 18.2 Å². The third-order valence-corrected chi connectivity index (χ3v) is 4.79. The van der Waals surface area contributed by atoms with Gasteiger partial charge >= 0.3 is 0 Å². The Morgan fingerprint density at radius 2 is 1.89 bits per heavy atom. The molecule has 0 aromatic heterocycles. The van der Waals surface area contributed by atoms with Crippen LogP contribution in [0.4, 0.5) is 0 Å². The molecule has 0 bridgehead atoms. The summed E-state index contributed by atoms with van der Waals surface area (Å²) in [4.78, 5) is 12.6. The molecule has 0 aliphatic heterocycles. The number of ketones is 1. The van der Waals surface area contributed by atoms with Crippen LogP contribution in [-0.4, -0.2) is 12.3 Å². The first-order chi connectivity index (χ1) is 9.08. The molecule has 1 aromatic rings. The van der Waals surface area contributed by atoms with E-state index in [0.717, 1.165) is 24.0 Å². The predicted octanol–water partition coefficient (Wildman–Crippen LogP) is 3.79. The minimum Gasteiger partial charge on any atom is -0.330 e. The van der Waals surface area contributed by atoms with Crippen molar-refractivity contribution >= 4 is 5.78 Å². The molecule has 0 heterocycles. The van der Waals surface area contributed by atoms with Crippen LogP contribution in [0.5, 0.6) is 0 Å². The average Bonchev–Trinajstić information content (AvgIpc) is 2.42. The summed E-state index contributed by atoms with van der Waals surface area (Å²) >= 11 is 0. The Balaban J connectivity index is 2.17. The number of aryl methyl sites for hydroxylation is 1. The maximum Gasteiger partial charge on any atom is 0.163 e. The third kappa shape index (κ3) is 3.06. The van der Waals surface area contributed by atoms with E-state index in [1.165, 1.54) is 24.8 Å². The second-order valence-corrected chi connectivity index (χ2v) is 6.11. The second-order valence-electron chi connectivity index (χ2n) is 6.11. The highest BCUT2D eigenvalue weighted by molar-refractivity contribution is 5.98. The van der Waals surface area contributed by atoms with Gasteiger partial charge in [-0.2, -0.15) is 0 Å². The highest BCUT2D eigenvalue weighted by Crippen LogP contribution is 2.39. The molecule has 19 heavy (non-hydrogen) atoms. The Hall–Kier alpha value is -1.15. The van der Waals surface area contributed by atoms with Crippen LogP contribution < -0.4 is 5.73 Å². The van der Waals surface area contributed by atoms with Crippen LogP contribution in [0.25, 0.3) is 0 Å². The molecule has 1 fully saturated rings. The minimum absolute atomic E-state index is 0.0610. The molecular formula is C17H25NO. The Kier molecular flexibility index (Phi) is 4.41. The van der Waals surface area contributed by atoms with Gasteiger partial charge in [0.05, 0.1) is 0 Å². The second kappa shape index (κ2) is 5.87. The largest absolute Gasteiger partial charge is 0.330 e. The summed E-state index contributed by atoms with van der Waals surface area (Å²) in [6.07, 6.45) is 6.57. The molecule has 0 atom stereocenters. The van der Waals surface area contributed by atoms with Crippen molar-refractivity contribution in [3.05, 3.63) is 34.9 Å². The van der Waals surface area contributed by atoms with Crippen LogP contribution >= 0.6 is 0 Å². The molecule has 2 N–H and O–H groups in total. The Bertz CT molecular complexity index is 458. The van der Waals surface area contributed by atoms with Crippen molar-refractivity contribution in [3.63, 3.8) is 0 Å². The smallest absolute Gasteiger partial charge is 0.163 e. The van der Waals surface area contributed by atoms with Gasteiger partial charge in [-0.25, -0.2) is 0 Å². The molecule has 1 aliphatic carbocycles. The molecule has 1 aromatic carbocycles. The van der Waals surface area contributed by atoms with Crippen LogP contribution in [-0.2, 0) is 0 Å². The zero-order valence-electron chi connectivity index (χ0n) is 12.2. The summed E-state index contributed by atoms with van der Waals surface area (Å²) in [6, 6.07) is 5.99. The Morgan fingerprint density at radius 3 is 2.53 bits per heavy atom. The van der Waals surface area contributed by atoms with Crippen molar-refractivity contribution < 1.29 is 4.79 Å². The zero-order chi connectivity index (χ0) is 13.9. The normalized spacial score (nSPS) is 18.3. The summed E-state index contributed by atoms with van der Waals surface area (Å²) in [5, 5.41) is 0. The molecule has 2 nitrogen and oxygen atoms in total. The SMILES string of the molecule is Cc1cccc(C(=O)CC2(CN)CCCCC2)c1C. The fourth-order valence-corrected chi connectivity index (χ4v) is 3.24. The van der Waals surface area contributed by atoms with E-state index in [1.54, 1.807) is 0 Å². The van der Waals surface area contributed by atoms with E-state index in [2.05, 4.69) is 13.0 Å². The molecule has 0 saturated heterocycles. The lowest BCUT2D eigenvalue weighted by atomic mass is 9.70. The van der Waals surface area contributed by atoms with Crippen molar-refractivity contribution in [1.82, 2.24) is 0 Å². The lowest BCUT2D eigenvalue weighted by molar-refractivity contribution is 0.0867. The number of carbonyl (C=O) groups excluding carboxylic acids is 1. The van der Waals surface area contributed by atoms with E-state index in [0.29, 0.717) is 13.0 Å². The van der Waals surface area contributed by atoms with Gasteiger partial charge in [0.1, 0.15) is 0 Å². The third-order valence-electron chi connectivity index (χ3n) is 4.79. The fourth-order valence-electron chi connectivity index (χ4n) is 3.24. The molecular weight excluding hydrogens is 234 g/mol. The van der Waals surface area contributed by atoms with Crippen molar-refractivity contribution in [1.29, 1.82) is 0 Å². The molecule has 1 aliphatic rings. The molecule has 0 spiro atoms. The lowest BCUT2D eigenvalue weighted by Crippen LogP contribution is -2.35. The van der Waals surface area contributed by atoms with Crippen molar-refractivity contribution in [2.75, 3.05) is 6.54 Å². The number of benzene rings is 1. The minimum atomic E-state index is 0.0610. The van der Waals surface area contributed by atoms with Gasteiger partial charge in [0, 0.05) is 12.0 Å². The Labute approximate surface area is 116 Å². The van der Waals surface area contributed by atoms with Crippen LogP contribution in [0.2, 0.25) is 0 Å². The standard InChI is InChI=1S/C17H25NO/c1-13-7-6-8-15(14(13)2)16(19)11-17(12-18)9-4-3-5-10-17/h6-8H,3-5,9-12,18H2,1-2H3. The van der Waals surface area contributed by atoms with Gasteiger partial charge in [0.2, 0.25) is 0 Å². The number of Topliss-reactive ketones (excluding diaryl/α,β-unsaturated/α-hetero) is 1. The molecule has 0 amide bonds. The van der Waals surface area contributed by atoms with Gasteiger partial charge in [-0.15, -0.1) is 0 Å². The van der Waals surface area contributed by atoms with Gasteiger partial charge in [0.15, 0.2) is 5.78 Å². The van der Waals surface area contributed by atoms with Crippen molar-refractivity contribution in [2.24, 2.45) is 11.1 Å². The van der Waals surface area contributed by atoms with Gasteiger partial charge in [-0.3, -0.25) is 4.79 Å². The molecule has 2 rings (SSSR count). The van der Waals surface area contributed by atoms with Crippen LogP contribution in [0, 0.1) is 19.3 Å². The summed E-state index contributed by atoms with van der Waals surface area (Å²) in [5.41, 5.74) is 9.24. The monoisotopic (exact) mass is 259 g/mol. The Morgan fingerprint density at radius 1 is 1.21 bits per heavy atom. The molecule has 2 heteroatoms. The summed E-state index contributed by atoms with van der Waals surface area (Å²) in [6.45, 7) is 4.74. The summed E-state index contributed by atoms with van der Waals surface area (Å²) < 4.78 is 0. The van der Waals surface area contributed by atoms with E-state index < -0.39 is 0 Å². The topological polar surface area (TPSA) is 43.1 Å². The zero-order valence-corrected chi connectivity index (χ0v) is 12.2. The maximum atomic E-state index is 12.6. The predicted molar refractivity (Wildman–Crippen MR) is 79.4 cm³/mol. The van der Waals surface area contributed by atoms with E-state index in [9.17, 15) is 4.79 Å². The first kappa shape index (κ1) is 14.3. The number of carbonyl (C=O) groups is 1. The highest BCUT2D eigenvalue weighted by atomic mass is 16.1. The summed E-state index contributed by atoms with van der Waals surface area (Å²) in [7, 11) is 0. The number of hydrogen-bond acceptors (Lipinski definition) is 2. The van der Waals surface area contributed by atoms with Gasteiger partial charge in [0.25, 0.3) is 0 Å². The summed E-state index contributed by atoms with van der Waals surface area (Å²) in [5.74, 6) is 0.272. The van der Waals surface area contributed by atoms with E-state index in [-0.39, 0.29) is 11.2 Å². The first-order valence-electron chi connectivity index (χ1n) is 7.37. The van der Waals surface area contributed by atoms with E-state index in [1.807, 2.05) is 19.1 Å². The van der Waals surface area contributed by atoms with Crippen LogP contribution in [0.3, 0.4) is 0 Å². The number of hydrogen-bond donors (Lipinski definition) is 1. The van der Waals surface area contributed by atoms with Crippen molar-refractivity contribution in [2.45, 2.75) is 52.4 Å². The van der Waals surface area contributed by atoms with Crippen LogP contribution in [0.1, 0.15) is 60.0 Å². The first-order valence-corrected chi connectivity index (χ1v) is 7.37. The van der Waals surface area contributed by atoms with Gasteiger partial charge in [-0.05, 0) is 49.8 Å². The number of nitrogens with two attached hydrogens (primary N) is 1. The molecule has 1 saturated carbocycles. The highest BCUT2D eigenvalue weighted by Gasteiger charge is 2.33. The lowest BCUT2D eigenvalue weighted by Gasteiger charge is -2.35. The molecule has 0 radical (unpaired) electrons. The van der Waals surface area contributed by atoms with Crippen molar-refractivity contribution in [3.8, 4) is 0 Å². The van der Waals surface area contributed by atoms with Gasteiger partial charge in [-0.1, -0.05) is 37.5 Å². The van der Waals surface area contributed by atoms with E-state index in [4.69, 9.17) is 5.73 Å². The number of rotatable bonds is 4. The molecule has 104 valence electrons. The van der Waals surface area contributed by atoms with E-state index >= 15 is 0 Å². The fraction of sp³-hybridized carbons (Fsp3) is 0.588. The quantitative estimate of drug-likeness (QED) is 0.836.